The fourth-order valence-corrected chi connectivity index (χ4v) is 1.29. The lowest BCUT2D eigenvalue weighted by Crippen LogP contribution is -2.10. The molecule has 1 rings (SSSR count). The number of ketones is 1. The first-order valence-electron chi connectivity index (χ1n) is 4.60. The summed E-state index contributed by atoms with van der Waals surface area (Å²) in [7, 11) is 1.83. The summed E-state index contributed by atoms with van der Waals surface area (Å²) in [5, 5.41) is 4.14. The van der Waals surface area contributed by atoms with Crippen molar-refractivity contribution in [2.45, 2.75) is 27.2 Å². The first-order chi connectivity index (χ1) is 6.06. The predicted octanol–water partition coefficient (Wildman–Crippen LogP) is 1.96. The molecule has 1 aromatic rings. The number of hydrogen-bond acceptors (Lipinski definition) is 2. The van der Waals surface area contributed by atoms with E-state index >= 15 is 0 Å². The predicted molar refractivity (Wildman–Crippen MR) is 51.7 cm³/mol. The third-order valence-electron chi connectivity index (χ3n) is 2.34. The van der Waals surface area contributed by atoms with Crippen LogP contribution in [0.5, 0.6) is 0 Å². The Bertz CT molecular complexity index is 315. The molecule has 0 spiro atoms. The lowest BCUT2D eigenvalue weighted by Gasteiger charge is -2.04. The number of aryl methyl sites for hydroxylation is 2. The summed E-state index contributed by atoms with van der Waals surface area (Å²) >= 11 is 0. The lowest BCUT2D eigenvalue weighted by molar-refractivity contribution is 0.0926. The lowest BCUT2D eigenvalue weighted by atomic mass is 9.98. The molecule has 0 fully saturated rings. The van der Waals surface area contributed by atoms with E-state index in [0.29, 0.717) is 0 Å². The van der Waals surface area contributed by atoms with E-state index in [0.717, 1.165) is 17.7 Å². The largest absolute Gasteiger partial charge is 0.294 e. The van der Waals surface area contributed by atoms with Gasteiger partial charge in [-0.15, -0.1) is 0 Å². The second-order valence-electron chi connectivity index (χ2n) is 3.48. The fraction of sp³-hybridized carbons (Fsp3) is 0.600. The quantitative estimate of drug-likeness (QED) is 0.666. The summed E-state index contributed by atoms with van der Waals surface area (Å²) in [6.45, 7) is 5.85. The van der Waals surface area contributed by atoms with Crippen molar-refractivity contribution < 1.29 is 4.79 Å². The average Bonchev–Trinajstić information content (AvgIpc) is 2.42. The van der Waals surface area contributed by atoms with Crippen LogP contribution in [0.15, 0.2) is 6.20 Å². The maximum Gasteiger partial charge on any atom is 0.169 e. The van der Waals surface area contributed by atoms with Crippen molar-refractivity contribution in [3.63, 3.8) is 0 Å². The minimum absolute atomic E-state index is 0.0999. The van der Waals surface area contributed by atoms with Crippen molar-refractivity contribution in [2.75, 3.05) is 0 Å². The van der Waals surface area contributed by atoms with Gasteiger partial charge in [-0.3, -0.25) is 9.48 Å². The zero-order valence-corrected chi connectivity index (χ0v) is 8.66. The Hall–Kier alpha value is -1.12. The van der Waals surface area contributed by atoms with E-state index < -0.39 is 0 Å². The van der Waals surface area contributed by atoms with Crippen LogP contribution in [0.2, 0.25) is 0 Å². The highest BCUT2D eigenvalue weighted by atomic mass is 16.1. The van der Waals surface area contributed by atoms with Crippen LogP contribution in [0.25, 0.3) is 0 Å². The highest BCUT2D eigenvalue weighted by Crippen LogP contribution is 2.13. The first-order valence-corrected chi connectivity index (χ1v) is 4.60. The molecule has 0 saturated heterocycles. The van der Waals surface area contributed by atoms with Crippen molar-refractivity contribution in [1.29, 1.82) is 0 Å². The van der Waals surface area contributed by atoms with Gasteiger partial charge in [0.25, 0.3) is 0 Å². The molecule has 0 saturated carbocycles. The van der Waals surface area contributed by atoms with Gasteiger partial charge in [0.1, 0.15) is 0 Å². The molecule has 0 aromatic carbocycles. The van der Waals surface area contributed by atoms with Crippen LogP contribution in [-0.2, 0) is 7.05 Å². The van der Waals surface area contributed by atoms with Crippen LogP contribution in [0.4, 0.5) is 0 Å². The summed E-state index contributed by atoms with van der Waals surface area (Å²) in [6, 6.07) is 0. The fourth-order valence-electron chi connectivity index (χ4n) is 1.29. The third kappa shape index (κ3) is 1.97. The summed E-state index contributed by atoms with van der Waals surface area (Å²) < 4.78 is 1.69. The SMILES string of the molecule is CCC(C)C(=O)c1cn(C)nc1C. The molecule has 0 aliphatic heterocycles. The zero-order valence-electron chi connectivity index (χ0n) is 8.66. The van der Waals surface area contributed by atoms with Gasteiger partial charge in [0, 0.05) is 19.2 Å². The molecule has 0 aliphatic rings. The molecular weight excluding hydrogens is 164 g/mol. The van der Waals surface area contributed by atoms with Gasteiger partial charge in [-0.2, -0.15) is 5.10 Å². The third-order valence-corrected chi connectivity index (χ3v) is 2.34. The second kappa shape index (κ2) is 3.73. The number of nitrogens with zero attached hydrogens (tertiary/aromatic N) is 2. The molecule has 0 N–H and O–H groups in total. The molecule has 1 unspecified atom stereocenters. The second-order valence-corrected chi connectivity index (χ2v) is 3.48. The minimum atomic E-state index is 0.0999. The summed E-state index contributed by atoms with van der Waals surface area (Å²) in [4.78, 5) is 11.8. The van der Waals surface area contributed by atoms with Gasteiger partial charge < -0.3 is 0 Å². The molecule has 72 valence electrons. The molecule has 0 bridgehead atoms. The van der Waals surface area contributed by atoms with E-state index in [1.807, 2.05) is 27.8 Å². The standard InChI is InChI=1S/C10H16N2O/c1-5-7(2)10(13)9-6-12(4)11-8(9)3/h6-7H,5H2,1-4H3. The molecule has 1 aromatic heterocycles. The van der Waals surface area contributed by atoms with Crippen LogP contribution in [0, 0.1) is 12.8 Å². The van der Waals surface area contributed by atoms with Crippen LogP contribution in [0.1, 0.15) is 36.3 Å². The van der Waals surface area contributed by atoms with Gasteiger partial charge >= 0.3 is 0 Å². The molecular formula is C10H16N2O. The highest BCUT2D eigenvalue weighted by molar-refractivity contribution is 5.98. The van der Waals surface area contributed by atoms with E-state index in [4.69, 9.17) is 0 Å². The van der Waals surface area contributed by atoms with Crippen LogP contribution < -0.4 is 0 Å². The molecule has 13 heavy (non-hydrogen) atoms. The van der Waals surface area contributed by atoms with Gasteiger partial charge in [-0.25, -0.2) is 0 Å². The van der Waals surface area contributed by atoms with E-state index in [-0.39, 0.29) is 11.7 Å². The minimum Gasteiger partial charge on any atom is -0.294 e. The Morgan fingerprint density at radius 2 is 2.31 bits per heavy atom. The zero-order chi connectivity index (χ0) is 10.0. The van der Waals surface area contributed by atoms with Crippen molar-refractivity contribution in [2.24, 2.45) is 13.0 Å². The number of hydrogen-bond donors (Lipinski definition) is 0. The highest BCUT2D eigenvalue weighted by Gasteiger charge is 2.17. The molecule has 3 heteroatoms. The van der Waals surface area contributed by atoms with Crippen LogP contribution >= 0.6 is 0 Å². The van der Waals surface area contributed by atoms with E-state index in [9.17, 15) is 4.79 Å². The Balaban J connectivity index is 2.94. The monoisotopic (exact) mass is 180 g/mol. The van der Waals surface area contributed by atoms with Crippen molar-refractivity contribution in [3.05, 3.63) is 17.5 Å². The Morgan fingerprint density at radius 3 is 2.69 bits per heavy atom. The maximum atomic E-state index is 11.8. The van der Waals surface area contributed by atoms with Crippen molar-refractivity contribution in [1.82, 2.24) is 9.78 Å². The Kier molecular flexibility index (Phi) is 2.86. The van der Waals surface area contributed by atoms with Crippen LogP contribution in [0.3, 0.4) is 0 Å². The molecule has 0 radical (unpaired) electrons. The van der Waals surface area contributed by atoms with Crippen LogP contribution in [-0.4, -0.2) is 15.6 Å². The van der Waals surface area contributed by atoms with Crippen molar-refractivity contribution in [3.8, 4) is 0 Å². The summed E-state index contributed by atoms with van der Waals surface area (Å²) in [5.74, 6) is 0.302. The molecule has 3 nitrogen and oxygen atoms in total. The van der Waals surface area contributed by atoms with Gasteiger partial charge in [0.05, 0.1) is 11.3 Å². The molecule has 0 amide bonds. The van der Waals surface area contributed by atoms with Gasteiger partial charge in [-0.05, 0) is 13.3 Å². The number of aromatic nitrogens is 2. The number of Topliss-reactive ketones (excluding diaryl/α,β-unsaturated/α-hetero) is 1. The van der Waals surface area contributed by atoms with E-state index in [1.54, 1.807) is 10.9 Å². The number of rotatable bonds is 3. The normalized spacial score (nSPS) is 12.9. The van der Waals surface area contributed by atoms with Gasteiger partial charge in [0.2, 0.25) is 0 Å². The maximum absolute atomic E-state index is 11.8. The summed E-state index contributed by atoms with van der Waals surface area (Å²) in [5.41, 5.74) is 1.59. The topological polar surface area (TPSA) is 34.9 Å². The number of carbonyl (C=O) groups is 1. The average molecular weight is 180 g/mol. The Labute approximate surface area is 78.8 Å². The van der Waals surface area contributed by atoms with Gasteiger partial charge in [-0.1, -0.05) is 13.8 Å². The summed E-state index contributed by atoms with van der Waals surface area (Å²) in [6.07, 6.45) is 2.68. The van der Waals surface area contributed by atoms with E-state index in [1.165, 1.54) is 0 Å². The first kappa shape index (κ1) is 9.96. The molecule has 1 heterocycles. The molecule has 1 atom stereocenters. The van der Waals surface area contributed by atoms with Gasteiger partial charge in [0.15, 0.2) is 5.78 Å². The molecule has 0 aliphatic carbocycles. The smallest absolute Gasteiger partial charge is 0.169 e. The van der Waals surface area contributed by atoms with E-state index in [2.05, 4.69) is 5.10 Å². The van der Waals surface area contributed by atoms with Crippen molar-refractivity contribution >= 4 is 5.78 Å². The Morgan fingerprint density at radius 1 is 1.69 bits per heavy atom. The number of carbonyl (C=O) groups excluding carboxylic acids is 1.